The van der Waals surface area contributed by atoms with Crippen molar-refractivity contribution in [2.45, 2.75) is 0 Å². The molecule has 0 saturated heterocycles. The average molecular weight is 216 g/mol. The quantitative estimate of drug-likeness (QED) is 0.441. The van der Waals surface area contributed by atoms with Gasteiger partial charge in [-0.3, -0.25) is 10.1 Å². The lowest BCUT2D eigenvalue weighted by Gasteiger charge is -1.95. The number of anilines is 1. The second-order valence-corrected chi connectivity index (χ2v) is 2.79. The monoisotopic (exact) mass is 215 g/mol. The summed E-state index contributed by atoms with van der Waals surface area (Å²) in [5.41, 5.74) is 5.20. The van der Waals surface area contributed by atoms with Crippen LogP contribution in [0.5, 0.6) is 0 Å². The highest BCUT2D eigenvalue weighted by molar-refractivity contribution is 9.10. The molecule has 1 aromatic rings. The summed E-state index contributed by atoms with van der Waals surface area (Å²) in [7, 11) is 0. The minimum absolute atomic E-state index is 0.0539. The molecule has 0 fully saturated rings. The van der Waals surface area contributed by atoms with Crippen molar-refractivity contribution in [1.82, 2.24) is 0 Å². The van der Waals surface area contributed by atoms with Crippen molar-refractivity contribution in [3.63, 3.8) is 0 Å². The molecule has 0 aliphatic carbocycles. The van der Waals surface area contributed by atoms with Gasteiger partial charge in [-0.2, -0.15) is 0 Å². The number of nitro benzene ring substituents is 1. The predicted molar refractivity (Wildman–Crippen MR) is 44.0 cm³/mol. The number of nitrogen functional groups attached to an aromatic ring is 1. The van der Waals surface area contributed by atoms with E-state index in [-0.39, 0.29) is 11.4 Å². The van der Waals surface area contributed by atoms with E-state index < -0.39 is 4.92 Å². The van der Waals surface area contributed by atoms with Crippen molar-refractivity contribution in [2.24, 2.45) is 0 Å². The van der Waals surface area contributed by atoms with Gasteiger partial charge < -0.3 is 5.73 Å². The van der Waals surface area contributed by atoms with Crippen LogP contribution in [0.3, 0.4) is 0 Å². The molecule has 0 aliphatic rings. The maximum atomic E-state index is 10.3. The molecular weight excluding hydrogens is 212 g/mol. The molecule has 1 rings (SSSR count). The van der Waals surface area contributed by atoms with Gasteiger partial charge in [0.25, 0.3) is 5.69 Å². The van der Waals surface area contributed by atoms with Crippen molar-refractivity contribution in [3.05, 3.63) is 32.8 Å². The van der Waals surface area contributed by atoms with E-state index in [0.717, 1.165) is 0 Å². The van der Waals surface area contributed by atoms with Crippen LogP contribution in [0.15, 0.2) is 16.6 Å². The van der Waals surface area contributed by atoms with Gasteiger partial charge in [-0.1, -0.05) is 15.9 Å². The third-order valence-corrected chi connectivity index (χ3v) is 1.57. The minimum Gasteiger partial charge on any atom is -0.393 e. The fraction of sp³-hybridized carbons (Fsp3) is 0. The zero-order valence-electron chi connectivity index (χ0n) is 5.37. The van der Waals surface area contributed by atoms with Gasteiger partial charge in [-0.05, 0) is 6.07 Å². The number of benzene rings is 1. The Bertz CT molecular complexity index is 301. The maximum Gasteiger partial charge on any atom is 0.293 e. The Hall–Kier alpha value is -1.10. The lowest BCUT2D eigenvalue weighted by molar-refractivity contribution is -0.384. The van der Waals surface area contributed by atoms with Gasteiger partial charge in [0, 0.05) is 16.6 Å². The van der Waals surface area contributed by atoms with Crippen LogP contribution in [-0.4, -0.2) is 4.92 Å². The van der Waals surface area contributed by atoms with Gasteiger partial charge in [-0.15, -0.1) is 0 Å². The van der Waals surface area contributed by atoms with E-state index in [1.807, 2.05) is 0 Å². The number of nitro groups is 1. The van der Waals surface area contributed by atoms with E-state index >= 15 is 0 Å². The summed E-state index contributed by atoms with van der Waals surface area (Å²) in [5.74, 6) is 0. The van der Waals surface area contributed by atoms with Crippen LogP contribution in [0, 0.1) is 16.2 Å². The molecule has 5 heteroatoms. The predicted octanol–water partition coefficient (Wildman–Crippen LogP) is 1.74. The second-order valence-electron chi connectivity index (χ2n) is 1.87. The largest absolute Gasteiger partial charge is 0.393 e. The molecule has 2 N–H and O–H groups in total. The molecule has 0 atom stereocenters. The van der Waals surface area contributed by atoms with Crippen molar-refractivity contribution >= 4 is 27.3 Å². The first-order valence-electron chi connectivity index (χ1n) is 2.72. The normalized spacial score (nSPS) is 9.55. The molecule has 4 nitrogen and oxygen atoms in total. The highest BCUT2D eigenvalue weighted by Crippen LogP contribution is 2.24. The molecule has 1 aromatic carbocycles. The van der Waals surface area contributed by atoms with Gasteiger partial charge >= 0.3 is 0 Å². The van der Waals surface area contributed by atoms with Gasteiger partial charge in [-0.25, -0.2) is 0 Å². The van der Waals surface area contributed by atoms with Crippen molar-refractivity contribution in [3.8, 4) is 0 Å². The van der Waals surface area contributed by atoms with Crippen molar-refractivity contribution in [1.29, 1.82) is 0 Å². The van der Waals surface area contributed by atoms with Gasteiger partial charge in [0.2, 0.25) is 0 Å². The summed E-state index contributed by atoms with van der Waals surface area (Å²) in [6.45, 7) is 0. The molecule has 0 aliphatic heterocycles. The number of nitrogens with zero attached hydrogens (tertiary/aromatic N) is 1. The van der Waals surface area contributed by atoms with E-state index in [1.165, 1.54) is 12.1 Å². The minimum atomic E-state index is -0.545. The van der Waals surface area contributed by atoms with E-state index in [4.69, 9.17) is 5.73 Å². The lowest BCUT2D eigenvalue weighted by Crippen LogP contribution is -1.94. The lowest BCUT2D eigenvalue weighted by atomic mass is 10.3. The number of hydrogen-bond acceptors (Lipinski definition) is 3. The molecule has 0 heterocycles. The molecule has 0 unspecified atom stereocenters. The highest BCUT2D eigenvalue weighted by atomic mass is 79.9. The van der Waals surface area contributed by atoms with Crippen LogP contribution < -0.4 is 5.73 Å². The fourth-order valence-electron chi connectivity index (χ4n) is 0.622. The van der Waals surface area contributed by atoms with Crippen molar-refractivity contribution in [2.75, 3.05) is 5.73 Å². The molecule has 0 aromatic heterocycles. The molecule has 0 spiro atoms. The topological polar surface area (TPSA) is 69.2 Å². The Morgan fingerprint density at radius 1 is 1.73 bits per heavy atom. The standard InChI is InChI=1S/C6H4BrN2O2/c7-4-1-2-5(8)6(3-4)9(10)11/h1,3H,8H2. The summed E-state index contributed by atoms with van der Waals surface area (Å²) >= 11 is 3.07. The summed E-state index contributed by atoms with van der Waals surface area (Å²) < 4.78 is 0.596. The third kappa shape index (κ3) is 1.68. The van der Waals surface area contributed by atoms with Gasteiger partial charge in [0.1, 0.15) is 5.69 Å². The first kappa shape index (κ1) is 8.00. The molecular formula is C6H4BrN2O2. The van der Waals surface area contributed by atoms with E-state index in [1.54, 1.807) is 0 Å². The maximum absolute atomic E-state index is 10.3. The first-order chi connectivity index (χ1) is 5.11. The second kappa shape index (κ2) is 2.87. The molecule has 0 bridgehead atoms. The number of rotatable bonds is 1. The third-order valence-electron chi connectivity index (χ3n) is 1.11. The SMILES string of the molecule is Nc1[c]cc(Br)cc1[N+](=O)[O-]. The Morgan fingerprint density at radius 3 is 2.82 bits per heavy atom. The van der Waals surface area contributed by atoms with E-state index in [0.29, 0.717) is 4.47 Å². The van der Waals surface area contributed by atoms with Crippen LogP contribution in [0.1, 0.15) is 0 Å². The van der Waals surface area contributed by atoms with E-state index in [2.05, 4.69) is 22.0 Å². The van der Waals surface area contributed by atoms with Crippen LogP contribution >= 0.6 is 15.9 Å². The first-order valence-corrected chi connectivity index (χ1v) is 3.51. The number of halogens is 1. The molecule has 0 amide bonds. The van der Waals surface area contributed by atoms with Crippen LogP contribution in [0.25, 0.3) is 0 Å². The highest BCUT2D eigenvalue weighted by Gasteiger charge is 2.10. The number of hydrogen-bond donors (Lipinski definition) is 1. The average Bonchev–Trinajstić information content (AvgIpc) is 1.94. The molecule has 57 valence electrons. The summed E-state index contributed by atoms with van der Waals surface area (Å²) in [6.07, 6.45) is 0. The van der Waals surface area contributed by atoms with Crippen LogP contribution in [-0.2, 0) is 0 Å². The van der Waals surface area contributed by atoms with Crippen LogP contribution in [0.2, 0.25) is 0 Å². The van der Waals surface area contributed by atoms with Gasteiger partial charge in [0.05, 0.1) is 4.92 Å². The Kier molecular flexibility index (Phi) is 2.09. The van der Waals surface area contributed by atoms with Crippen molar-refractivity contribution < 1.29 is 4.92 Å². The van der Waals surface area contributed by atoms with Gasteiger partial charge in [0.15, 0.2) is 0 Å². The van der Waals surface area contributed by atoms with E-state index in [9.17, 15) is 10.1 Å². The van der Waals surface area contributed by atoms with Crippen LogP contribution in [0.4, 0.5) is 11.4 Å². The zero-order valence-corrected chi connectivity index (χ0v) is 6.96. The Morgan fingerprint density at radius 2 is 2.36 bits per heavy atom. The summed E-state index contributed by atoms with van der Waals surface area (Å²) in [6, 6.07) is 5.41. The molecule has 1 radical (unpaired) electrons. The molecule has 0 saturated carbocycles. The summed E-state index contributed by atoms with van der Waals surface area (Å²) in [4.78, 5) is 9.71. The number of nitrogens with two attached hydrogens (primary N) is 1. The Labute approximate surface area is 71.3 Å². The Balaban J connectivity index is 3.23. The smallest absolute Gasteiger partial charge is 0.293 e. The molecule has 11 heavy (non-hydrogen) atoms. The fourth-order valence-corrected chi connectivity index (χ4v) is 0.953. The zero-order chi connectivity index (χ0) is 8.43. The summed E-state index contributed by atoms with van der Waals surface area (Å²) in [5, 5.41) is 10.3.